The average Bonchev–Trinajstić information content (AvgIpc) is 1.85. The lowest BCUT2D eigenvalue weighted by molar-refractivity contribution is 1.52. The normalized spacial score (nSPS) is 9.73. The summed E-state index contributed by atoms with van der Waals surface area (Å²) in [5.41, 5.74) is 2.23. The molecule has 1 aromatic carbocycles. The Morgan fingerprint density at radius 1 is 1.18 bits per heavy atom. The van der Waals surface area contributed by atoms with Crippen LogP contribution >= 0.6 is 31.9 Å². The molecule has 0 atom stereocenters. The number of allylic oxidation sites excluding steroid dienone is 1. The minimum absolute atomic E-state index is 1.07. The van der Waals surface area contributed by atoms with E-state index in [2.05, 4.69) is 38.4 Å². The van der Waals surface area contributed by atoms with Crippen LogP contribution in [0.25, 0.3) is 5.57 Å². The monoisotopic (exact) mass is 274 g/mol. The first-order valence-electron chi connectivity index (χ1n) is 3.21. The Bertz CT molecular complexity index is 269. The van der Waals surface area contributed by atoms with Crippen molar-refractivity contribution in [2.45, 2.75) is 6.92 Å². The van der Waals surface area contributed by atoms with Crippen LogP contribution in [0, 0.1) is 0 Å². The van der Waals surface area contributed by atoms with Crippen LogP contribution in [0.4, 0.5) is 0 Å². The van der Waals surface area contributed by atoms with E-state index in [1.807, 2.05) is 25.1 Å². The maximum absolute atomic E-state index is 3.87. The molecule has 2 heteroatoms. The van der Waals surface area contributed by atoms with Gasteiger partial charge in [-0.1, -0.05) is 44.0 Å². The van der Waals surface area contributed by atoms with Gasteiger partial charge in [0, 0.05) is 8.95 Å². The van der Waals surface area contributed by atoms with Crippen LogP contribution < -0.4 is 0 Å². The predicted octanol–water partition coefficient (Wildman–Crippen LogP) is 4.24. The van der Waals surface area contributed by atoms with Crippen molar-refractivity contribution < 1.29 is 0 Å². The molecule has 0 fully saturated rings. The second-order valence-electron chi connectivity index (χ2n) is 2.44. The van der Waals surface area contributed by atoms with Crippen molar-refractivity contribution in [3.8, 4) is 0 Å². The summed E-state index contributed by atoms with van der Waals surface area (Å²) in [7, 11) is 0. The minimum Gasteiger partial charge on any atom is -0.0955 e. The molecule has 0 saturated carbocycles. The van der Waals surface area contributed by atoms with Crippen molar-refractivity contribution in [2.75, 3.05) is 0 Å². The van der Waals surface area contributed by atoms with Gasteiger partial charge in [0.25, 0.3) is 0 Å². The van der Waals surface area contributed by atoms with Gasteiger partial charge < -0.3 is 0 Å². The lowest BCUT2D eigenvalue weighted by Gasteiger charge is -2.00. The molecular formula is C9H8Br2. The highest BCUT2D eigenvalue weighted by atomic mass is 79.9. The van der Waals surface area contributed by atoms with Crippen LogP contribution in [0.15, 0.2) is 33.7 Å². The van der Waals surface area contributed by atoms with Gasteiger partial charge in [0.1, 0.15) is 0 Å². The molecular weight excluding hydrogens is 268 g/mol. The van der Waals surface area contributed by atoms with Crippen molar-refractivity contribution in [2.24, 2.45) is 0 Å². The van der Waals surface area contributed by atoms with Gasteiger partial charge in [-0.3, -0.25) is 0 Å². The first kappa shape index (κ1) is 9.01. The highest BCUT2D eigenvalue weighted by molar-refractivity contribution is 9.11. The van der Waals surface area contributed by atoms with Crippen molar-refractivity contribution >= 4 is 37.4 Å². The Kier molecular flexibility index (Phi) is 2.90. The lowest BCUT2D eigenvalue weighted by atomic mass is 10.1. The molecule has 0 N–H and O–H groups in total. The van der Waals surface area contributed by atoms with Crippen molar-refractivity contribution in [3.05, 3.63) is 39.3 Å². The molecule has 11 heavy (non-hydrogen) atoms. The Labute approximate surface area is 83.6 Å². The third kappa shape index (κ3) is 2.46. The zero-order valence-electron chi connectivity index (χ0n) is 6.20. The van der Waals surface area contributed by atoms with Crippen LogP contribution in [0.1, 0.15) is 12.5 Å². The number of hydrogen-bond donors (Lipinski definition) is 0. The topological polar surface area (TPSA) is 0 Å². The minimum atomic E-state index is 1.07. The second kappa shape index (κ2) is 3.55. The molecule has 0 aliphatic rings. The molecule has 0 spiro atoms. The Morgan fingerprint density at radius 3 is 2.00 bits per heavy atom. The van der Waals surface area contributed by atoms with Gasteiger partial charge in [-0.05, 0) is 30.7 Å². The lowest BCUT2D eigenvalue weighted by Crippen LogP contribution is -1.77. The highest BCUT2D eigenvalue weighted by Crippen LogP contribution is 2.23. The largest absolute Gasteiger partial charge is 0.0955 e. The van der Waals surface area contributed by atoms with Crippen molar-refractivity contribution in [3.63, 3.8) is 0 Å². The van der Waals surface area contributed by atoms with Gasteiger partial charge >= 0.3 is 0 Å². The number of rotatable bonds is 1. The molecule has 0 amide bonds. The van der Waals surface area contributed by atoms with Gasteiger partial charge in [-0.2, -0.15) is 0 Å². The molecule has 0 heterocycles. The maximum atomic E-state index is 3.87. The summed E-state index contributed by atoms with van der Waals surface area (Å²) in [6.07, 6.45) is 0. The third-order valence-electron chi connectivity index (χ3n) is 1.36. The van der Waals surface area contributed by atoms with E-state index < -0.39 is 0 Å². The Morgan fingerprint density at radius 2 is 1.64 bits per heavy atom. The van der Waals surface area contributed by atoms with Crippen molar-refractivity contribution in [1.82, 2.24) is 0 Å². The molecule has 58 valence electrons. The van der Waals surface area contributed by atoms with E-state index in [9.17, 15) is 0 Å². The van der Waals surface area contributed by atoms with Gasteiger partial charge in [0.2, 0.25) is 0 Å². The van der Waals surface area contributed by atoms with E-state index in [0.29, 0.717) is 0 Å². The smallest absolute Gasteiger partial charge is 0.0192 e. The maximum Gasteiger partial charge on any atom is 0.0192 e. The molecule has 0 aromatic heterocycles. The van der Waals surface area contributed by atoms with Gasteiger partial charge in [-0.25, -0.2) is 0 Å². The average molecular weight is 276 g/mol. The van der Waals surface area contributed by atoms with E-state index >= 15 is 0 Å². The Hall–Kier alpha value is -0.0800. The zero-order valence-corrected chi connectivity index (χ0v) is 9.37. The van der Waals surface area contributed by atoms with E-state index in [0.717, 1.165) is 20.1 Å². The second-order valence-corrected chi connectivity index (χ2v) is 4.27. The van der Waals surface area contributed by atoms with Gasteiger partial charge in [0.05, 0.1) is 0 Å². The van der Waals surface area contributed by atoms with Crippen LogP contribution in [0.2, 0.25) is 0 Å². The van der Waals surface area contributed by atoms with E-state index in [1.54, 1.807) is 0 Å². The van der Waals surface area contributed by atoms with E-state index in [1.165, 1.54) is 0 Å². The third-order valence-corrected chi connectivity index (χ3v) is 2.27. The fourth-order valence-electron chi connectivity index (χ4n) is 0.800. The number of hydrogen-bond acceptors (Lipinski definition) is 0. The molecule has 0 saturated heterocycles. The molecule has 0 aliphatic heterocycles. The summed E-state index contributed by atoms with van der Waals surface area (Å²) in [5, 5.41) is 0. The molecule has 1 rings (SSSR count). The van der Waals surface area contributed by atoms with Crippen LogP contribution in [-0.2, 0) is 0 Å². The molecule has 0 unspecified atom stereocenters. The number of halogens is 2. The summed E-state index contributed by atoms with van der Waals surface area (Å²) >= 11 is 6.82. The highest BCUT2D eigenvalue weighted by Gasteiger charge is 1.96. The zero-order chi connectivity index (χ0) is 8.43. The first-order chi connectivity index (χ1) is 5.09. The quantitative estimate of drug-likeness (QED) is 0.719. The number of benzene rings is 1. The standard InChI is InChI=1S/C9H8Br2/c1-6(2)7-3-8(10)5-9(11)4-7/h3-5H,1H2,2H3. The molecule has 0 nitrogen and oxygen atoms in total. The van der Waals surface area contributed by atoms with Crippen LogP contribution in [0.3, 0.4) is 0 Å². The predicted molar refractivity (Wildman–Crippen MR) is 56.6 cm³/mol. The van der Waals surface area contributed by atoms with Gasteiger partial charge in [0.15, 0.2) is 0 Å². The van der Waals surface area contributed by atoms with Crippen LogP contribution in [-0.4, -0.2) is 0 Å². The summed E-state index contributed by atoms with van der Waals surface area (Å²) in [6.45, 7) is 5.86. The van der Waals surface area contributed by atoms with E-state index in [4.69, 9.17) is 0 Å². The first-order valence-corrected chi connectivity index (χ1v) is 4.80. The fourth-order valence-corrected chi connectivity index (χ4v) is 2.09. The van der Waals surface area contributed by atoms with Crippen LogP contribution in [0.5, 0.6) is 0 Å². The van der Waals surface area contributed by atoms with Gasteiger partial charge in [-0.15, -0.1) is 0 Å². The molecule has 0 radical (unpaired) electrons. The van der Waals surface area contributed by atoms with Crippen molar-refractivity contribution in [1.29, 1.82) is 0 Å². The molecule has 1 aromatic rings. The summed E-state index contributed by atoms with van der Waals surface area (Å²) in [4.78, 5) is 0. The SMILES string of the molecule is C=C(C)c1cc(Br)cc(Br)c1. The summed E-state index contributed by atoms with van der Waals surface area (Å²) in [6, 6.07) is 6.10. The molecule has 0 aliphatic carbocycles. The summed E-state index contributed by atoms with van der Waals surface area (Å²) < 4.78 is 2.15. The summed E-state index contributed by atoms with van der Waals surface area (Å²) in [5.74, 6) is 0. The molecule has 0 bridgehead atoms. The Balaban J connectivity index is 3.19. The van der Waals surface area contributed by atoms with E-state index in [-0.39, 0.29) is 0 Å². The fraction of sp³-hybridized carbons (Fsp3) is 0.111.